The van der Waals surface area contributed by atoms with Gasteiger partial charge in [-0.05, 0) is 11.1 Å². The van der Waals surface area contributed by atoms with Gasteiger partial charge in [-0.1, -0.05) is 60.7 Å². The monoisotopic (exact) mass is 382 g/mol. The Labute approximate surface area is 155 Å². The van der Waals surface area contributed by atoms with Gasteiger partial charge in [0.1, 0.15) is 6.10 Å². The van der Waals surface area contributed by atoms with E-state index in [0.717, 1.165) is 11.1 Å². The highest BCUT2D eigenvalue weighted by atomic mass is 19.4. The van der Waals surface area contributed by atoms with Gasteiger partial charge in [-0.3, -0.25) is 0 Å². The van der Waals surface area contributed by atoms with Crippen molar-refractivity contribution < 1.29 is 32.5 Å². The zero-order valence-corrected chi connectivity index (χ0v) is 14.5. The molecule has 0 aliphatic carbocycles. The SMILES string of the molecule is OC1C[C@H](OCc2ccccc2)[C@H](OCc2ccccc2)[C@@H](C(F)(F)F)O1. The molecule has 0 saturated carbocycles. The van der Waals surface area contributed by atoms with Crippen molar-refractivity contribution in [1.82, 2.24) is 0 Å². The van der Waals surface area contributed by atoms with Crippen LogP contribution < -0.4 is 0 Å². The fourth-order valence-electron chi connectivity index (χ4n) is 3.00. The van der Waals surface area contributed by atoms with Crippen molar-refractivity contribution in [3.63, 3.8) is 0 Å². The van der Waals surface area contributed by atoms with Crippen molar-refractivity contribution in [2.75, 3.05) is 0 Å². The van der Waals surface area contributed by atoms with Crippen molar-refractivity contribution in [2.45, 2.75) is 50.4 Å². The highest BCUT2D eigenvalue weighted by Gasteiger charge is 2.53. The number of benzene rings is 2. The Hall–Kier alpha value is -1.93. The molecule has 1 N–H and O–H groups in total. The summed E-state index contributed by atoms with van der Waals surface area (Å²) < 4.78 is 56.4. The van der Waals surface area contributed by atoms with E-state index in [4.69, 9.17) is 14.2 Å². The highest BCUT2D eigenvalue weighted by molar-refractivity contribution is 5.14. The summed E-state index contributed by atoms with van der Waals surface area (Å²) in [5.74, 6) is 0. The summed E-state index contributed by atoms with van der Waals surface area (Å²) in [5.41, 5.74) is 1.57. The normalized spacial score (nSPS) is 26.1. The van der Waals surface area contributed by atoms with E-state index >= 15 is 0 Å². The molecule has 2 aromatic rings. The maximum atomic E-state index is 13.5. The van der Waals surface area contributed by atoms with Crippen LogP contribution in [0.3, 0.4) is 0 Å². The molecule has 1 aliphatic rings. The first-order valence-electron chi connectivity index (χ1n) is 8.65. The van der Waals surface area contributed by atoms with E-state index in [9.17, 15) is 18.3 Å². The zero-order chi connectivity index (χ0) is 19.3. The fourth-order valence-corrected chi connectivity index (χ4v) is 3.00. The van der Waals surface area contributed by atoms with Gasteiger partial charge in [0.15, 0.2) is 12.4 Å². The van der Waals surface area contributed by atoms with Crippen molar-refractivity contribution in [3.05, 3.63) is 71.8 Å². The minimum Gasteiger partial charge on any atom is -0.371 e. The second-order valence-electron chi connectivity index (χ2n) is 6.38. The Bertz CT molecular complexity index is 693. The Morgan fingerprint density at radius 1 is 0.889 bits per heavy atom. The Morgan fingerprint density at radius 3 is 1.93 bits per heavy atom. The molecule has 1 aliphatic heterocycles. The number of alkyl halides is 3. The van der Waals surface area contributed by atoms with Crippen molar-refractivity contribution in [3.8, 4) is 0 Å². The maximum Gasteiger partial charge on any atom is 0.417 e. The lowest BCUT2D eigenvalue weighted by atomic mass is 10.00. The third-order valence-electron chi connectivity index (χ3n) is 4.32. The molecular weight excluding hydrogens is 361 g/mol. The summed E-state index contributed by atoms with van der Waals surface area (Å²) in [7, 11) is 0. The molecule has 0 amide bonds. The minimum absolute atomic E-state index is 0.0112. The standard InChI is InChI=1S/C20H21F3O4/c21-20(22,23)19-18(26-13-15-9-5-2-6-10-15)16(11-17(24)27-19)25-12-14-7-3-1-4-8-14/h1-10,16-19,24H,11-13H2/t16-,17?,18-,19-/m0/s1. The third kappa shape index (κ3) is 5.52. The van der Waals surface area contributed by atoms with Crippen LogP contribution in [0.25, 0.3) is 0 Å². The first kappa shape index (κ1) is 19.8. The van der Waals surface area contributed by atoms with Crippen LogP contribution in [0.1, 0.15) is 17.5 Å². The molecule has 27 heavy (non-hydrogen) atoms. The molecule has 3 rings (SSSR count). The van der Waals surface area contributed by atoms with Crippen LogP contribution in [0.15, 0.2) is 60.7 Å². The maximum absolute atomic E-state index is 13.5. The van der Waals surface area contributed by atoms with Gasteiger partial charge in [0.25, 0.3) is 0 Å². The smallest absolute Gasteiger partial charge is 0.371 e. The molecule has 0 radical (unpaired) electrons. The molecule has 7 heteroatoms. The van der Waals surface area contributed by atoms with E-state index in [1.807, 2.05) is 36.4 Å². The van der Waals surface area contributed by atoms with Gasteiger partial charge >= 0.3 is 6.18 Å². The van der Waals surface area contributed by atoms with Gasteiger partial charge in [0.05, 0.1) is 19.3 Å². The van der Waals surface area contributed by atoms with E-state index in [0.29, 0.717) is 0 Å². The summed E-state index contributed by atoms with van der Waals surface area (Å²) in [4.78, 5) is 0. The molecule has 1 saturated heterocycles. The number of hydrogen-bond donors (Lipinski definition) is 1. The summed E-state index contributed by atoms with van der Waals surface area (Å²) in [6, 6.07) is 18.0. The molecule has 4 atom stereocenters. The molecule has 146 valence electrons. The van der Waals surface area contributed by atoms with Crippen LogP contribution in [0, 0.1) is 0 Å². The van der Waals surface area contributed by atoms with Crippen LogP contribution >= 0.6 is 0 Å². The van der Waals surface area contributed by atoms with Crippen LogP contribution in [0.4, 0.5) is 13.2 Å². The van der Waals surface area contributed by atoms with E-state index < -0.39 is 30.8 Å². The van der Waals surface area contributed by atoms with Gasteiger partial charge in [-0.15, -0.1) is 0 Å². The van der Waals surface area contributed by atoms with Gasteiger partial charge in [-0.25, -0.2) is 0 Å². The van der Waals surface area contributed by atoms with Gasteiger partial charge in [0.2, 0.25) is 0 Å². The topological polar surface area (TPSA) is 47.9 Å². The number of hydrogen-bond acceptors (Lipinski definition) is 4. The first-order chi connectivity index (χ1) is 12.9. The van der Waals surface area contributed by atoms with Crippen molar-refractivity contribution in [1.29, 1.82) is 0 Å². The Balaban J connectivity index is 1.73. The quantitative estimate of drug-likeness (QED) is 0.825. The third-order valence-corrected chi connectivity index (χ3v) is 4.32. The van der Waals surface area contributed by atoms with E-state index in [-0.39, 0.29) is 19.6 Å². The fraction of sp³-hybridized carbons (Fsp3) is 0.400. The van der Waals surface area contributed by atoms with E-state index in [1.54, 1.807) is 24.3 Å². The molecule has 0 bridgehead atoms. The summed E-state index contributed by atoms with van der Waals surface area (Å²) in [5, 5.41) is 9.76. The van der Waals surface area contributed by atoms with Gasteiger partial charge in [-0.2, -0.15) is 13.2 Å². The second-order valence-corrected chi connectivity index (χ2v) is 6.38. The lowest BCUT2D eigenvalue weighted by molar-refractivity contribution is -0.332. The lowest BCUT2D eigenvalue weighted by Crippen LogP contribution is -2.56. The summed E-state index contributed by atoms with van der Waals surface area (Å²) >= 11 is 0. The Kier molecular flexibility index (Phi) is 6.49. The largest absolute Gasteiger partial charge is 0.417 e. The van der Waals surface area contributed by atoms with Crippen molar-refractivity contribution >= 4 is 0 Å². The number of aliphatic hydroxyl groups excluding tert-OH is 1. The summed E-state index contributed by atoms with van der Waals surface area (Å²) in [6.07, 6.45) is -10.9. The zero-order valence-electron chi connectivity index (χ0n) is 14.5. The molecular formula is C20H21F3O4. The van der Waals surface area contributed by atoms with Crippen LogP contribution in [-0.2, 0) is 27.4 Å². The average Bonchev–Trinajstić information content (AvgIpc) is 2.66. The molecule has 1 heterocycles. The van der Waals surface area contributed by atoms with Crippen molar-refractivity contribution in [2.24, 2.45) is 0 Å². The summed E-state index contributed by atoms with van der Waals surface area (Å²) in [6.45, 7) is 0.108. The molecule has 2 aromatic carbocycles. The Morgan fingerprint density at radius 2 is 1.41 bits per heavy atom. The predicted molar refractivity (Wildman–Crippen MR) is 91.6 cm³/mol. The first-order valence-corrected chi connectivity index (χ1v) is 8.65. The van der Waals surface area contributed by atoms with Gasteiger partial charge in [0, 0.05) is 6.42 Å². The average molecular weight is 382 g/mol. The molecule has 4 nitrogen and oxygen atoms in total. The lowest BCUT2D eigenvalue weighted by Gasteiger charge is -2.40. The van der Waals surface area contributed by atoms with E-state index in [1.165, 1.54) is 0 Å². The minimum atomic E-state index is -4.68. The van der Waals surface area contributed by atoms with Crippen LogP contribution in [-0.4, -0.2) is 35.9 Å². The van der Waals surface area contributed by atoms with Gasteiger partial charge < -0.3 is 19.3 Å². The molecule has 1 fully saturated rings. The number of rotatable bonds is 6. The highest BCUT2D eigenvalue weighted by Crippen LogP contribution is 2.35. The van der Waals surface area contributed by atoms with Crippen LogP contribution in [0.2, 0.25) is 0 Å². The molecule has 0 aromatic heterocycles. The number of halogens is 3. The predicted octanol–water partition coefficient (Wildman–Crippen LogP) is 3.83. The van der Waals surface area contributed by atoms with Crippen LogP contribution in [0.5, 0.6) is 0 Å². The molecule has 0 spiro atoms. The second kappa shape index (κ2) is 8.84. The number of ether oxygens (including phenoxy) is 3. The number of aliphatic hydroxyl groups is 1. The van der Waals surface area contributed by atoms with E-state index in [2.05, 4.69) is 0 Å². The molecule has 1 unspecified atom stereocenters.